The topological polar surface area (TPSA) is 81.5 Å². The van der Waals surface area contributed by atoms with E-state index in [0.717, 1.165) is 11.3 Å². The van der Waals surface area contributed by atoms with Crippen molar-refractivity contribution in [3.63, 3.8) is 0 Å². The van der Waals surface area contributed by atoms with Gasteiger partial charge in [0.25, 0.3) is 0 Å². The summed E-state index contributed by atoms with van der Waals surface area (Å²) < 4.78 is 26.6. The number of benzene rings is 2. The molecule has 1 N–H and O–H groups in total. The van der Waals surface area contributed by atoms with Gasteiger partial charge < -0.3 is 14.8 Å². The number of fused-ring (bicyclic) bond motifs is 1. The lowest BCUT2D eigenvalue weighted by molar-refractivity contribution is -0.119. The molecule has 34 heavy (non-hydrogen) atoms. The Bertz CT molecular complexity index is 1150. The van der Waals surface area contributed by atoms with Crippen molar-refractivity contribution in [1.82, 2.24) is 25.0 Å². The number of nitrogens with zero attached hydrogens (tertiary/aromatic N) is 4. The molecule has 2 heterocycles. The minimum absolute atomic E-state index is 0.0315. The first-order valence-electron chi connectivity index (χ1n) is 11.0. The van der Waals surface area contributed by atoms with Gasteiger partial charge in [-0.15, -0.1) is 10.2 Å². The molecule has 1 amide bonds. The zero-order valence-electron chi connectivity index (χ0n) is 19.6. The number of nitrogens with one attached hydrogen (secondary N) is 1. The molecule has 4 rings (SSSR count). The Hall–Kier alpha value is -3.11. The smallest absolute Gasteiger partial charge is 0.230 e. The molecule has 1 aliphatic rings. The molecule has 0 spiro atoms. The van der Waals surface area contributed by atoms with Crippen LogP contribution in [0.4, 0.5) is 4.39 Å². The van der Waals surface area contributed by atoms with Crippen molar-refractivity contribution in [3.8, 4) is 17.2 Å². The van der Waals surface area contributed by atoms with Gasteiger partial charge in [0.15, 0.2) is 22.5 Å². The maximum atomic E-state index is 13.5. The predicted octanol–water partition coefficient (Wildman–Crippen LogP) is 3.77. The van der Waals surface area contributed by atoms with Crippen LogP contribution in [0, 0.1) is 5.82 Å². The second-order valence-electron chi connectivity index (χ2n) is 8.27. The maximum absolute atomic E-state index is 13.5. The van der Waals surface area contributed by atoms with Gasteiger partial charge >= 0.3 is 0 Å². The van der Waals surface area contributed by atoms with E-state index in [-0.39, 0.29) is 29.6 Å². The molecule has 8 nitrogen and oxygen atoms in total. The van der Waals surface area contributed by atoms with Crippen LogP contribution in [0.15, 0.2) is 47.6 Å². The van der Waals surface area contributed by atoms with E-state index < -0.39 is 0 Å². The molecule has 0 bridgehead atoms. The summed E-state index contributed by atoms with van der Waals surface area (Å²) in [7, 11) is 3.90. The third-order valence-electron chi connectivity index (χ3n) is 5.67. The summed E-state index contributed by atoms with van der Waals surface area (Å²) in [5.41, 5.74) is 1.67. The molecule has 0 unspecified atom stereocenters. The Morgan fingerprint density at radius 2 is 1.82 bits per heavy atom. The van der Waals surface area contributed by atoms with Crippen molar-refractivity contribution >= 4 is 17.7 Å². The largest absolute Gasteiger partial charge is 0.486 e. The van der Waals surface area contributed by atoms with Gasteiger partial charge in [-0.2, -0.15) is 0 Å². The Morgan fingerprint density at radius 3 is 2.53 bits per heavy atom. The molecule has 3 aromatic rings. The van der Waals surface area contributed by atoms with Gasteiger partial charge in [0.1, 0.15) is 19.0 Å². The van der Waals surface area contributed by atoms with E-state index in [0.29, 0.717) is 35.7 Å². The number of rotatable bonds is 8. The Morgan fingerprint density at radius 1 is 1.12 bits per heavy atom. The van der Waals surface area contributed by atoms with Crippen LogP contribution in [0.2, 0.25) is 0 Å². The first-order valence-corrected chi connectivity index (χ1v) is 12.0. The van der Waals surface area contributed by atoms with Crippen LogP contribution >= 0.6 is 11.8 Å². The fourth-order valence-electron chi connectivity index (χ4n) is 3.53. The summed E-state index contributed by atoms with van der Waals surface area (Å²) >= 11 is 1.28. The van der Waals surface area contributed by atoms with Crippen LogP contribution in [-0.4, -0.2) is 58.6 Å². The average molecular weight is 486 g/mol. The highest BCUT2D eigenvalue weighted by atomic mass is 32.2. The molecular formula is C24H28FN5O3S. The van der Waals surface area contributed by atoms with E-state index in [2.05, 4.69) is 15.5 Å². The van der Waals surface area contributed by atoms with Gasteiger partial charge in [0, 0.05) is 5.69 Å². The van der Waals surface area contributed by atoms with E-state index >= 15 is 0 Å². The summed E-state index contributed by atoms with van der Waals surface area (Å²) in [4.78, 5) is 14.7. The third kappa shape index (κ3) is 5.34. The first kappa shape index (κ1) is 24.0. The van der Waals surface area contributed by atoms with E-state index in [1.54, 1.807) is 12.1 Å². The maximum Gasteiger partial charge on any atom is 0.230 e. The van der Waals surface area contributed by atoms with E-state index in [4.69, 9.17) is 9.47 Å². The van der Waals surface area contributed by atoms with Crippen LogP contribution in [0.1, 0.15) is 37.3 Å². The highest BCUT2D eigenvalue weighted by Gasteiger charge is 2.22. The van der Waals surface area contributed by atoms with Crippen molar-refractivity contribution in [2.45, 2.75) is 31.1 Å². The van der Waals surface area contributed by atoms with E-state index in [9.17, 15) is 9.18 Å². The molecule has 0 fully saturated rings. The van der Waals surface area contributed by atoms with Gasteiger partial charge in [0.2, 0.25) is 5.91 Å². The average Bonchev–Trinajstić information content (AvgIpc) is 3.26. The number of thioether (sulfide) groups is 1. The summed E-state index contributed by atoms with van der Waals surface area (Å²) in [6.45, 7) is 4.98. The first-order chi connectivity index (χ1) is 16.3. The normalized spacial score (nSPS) is 14.6. The lowest BCUT2D eigenvalue weighted by Gasteiger charge is -2.21. The third-order valence-corrected chi connectivity index (χ3v) is 6.60. The van der Waals surface area contributed by atoms with Gasteiger partial charge in [-0.05, 0) is 69.9 Å². The quantitative estimate of drug-likeness (QED) is 0.487. The number of hydrogen-bond donors (Lipinski definition) is 1. The molecule has 0 saturated heterocycles. The molecule has 2 aromatic carbocycles. The van der Waals surface area contributed by atoms with Crippen LogP contribution in [0.5, 0.6) is 11.5 Å². The monoisotopic (exact) mass is 485 g/mol. The molecule has 0 aliphatic carbocycles. The van der Waals surface area contributed by atoms with Crippen LogP contribution in [0.3, 0.4) is 0 Å². The molecule has 1 aromatic heterocycles. The Balaban J connectivity index is 1.46. The van der Waals surface area contributed by atoms with Gasteiger partial charge in [-0.25, -0.2) is 4.39 Å². The Kier molecular flexibility index (Phi) is 7.38. The van der Waals surface area contributed by atoms with E-state index in [1.165, 1.54) is 23.9 Å². The van der Waals surface area contributed by atoms with Crippen LogP contribution in [-0.2, 0) is 4.79 Å². The number of aromatic nitrogens is 3. The van der Waals surface area contributed by atoms with Crippen LogP contribution < -0.4 is 14.8 Å². The number of halogens is 1. The second kappa shape index (κ2) is 10.4. The summed E-state index contributed by atoms with van der Waals surface area (Å²) in [5, 5.41) is 12.3. The molecule has 1 aliphatic heterocycles. The minimum atomic E-state index is -0.319. The molecule has 2 atom stereocenters. The standard InChI is InChI=1S/C24H28FN5O3S/c1-15(17-5-10-20-21(13-17)33-12-11-32-20)26-22(31)14-34-24-28-27-23(16(2)29(3)4)30(24)19-8-6-18(25)7-9-19/h5-10,13,15-16H,11-12,14H2,1-4H3,(H,26,31)/t15-,16-/m0/s1. The summed E-state index contributed by atoms with van der Waals surface area (Å²) in [6.07, 6.45) is 0. The fraction of sp³-hybridized carbons (Fsp3) is 0.375. The van der Waals surface area contributed by atoms with Crippen molar-refractivity contribution in [3.05, 3.63) is 59.7 Å². The fourth-order valence-corrected chi connectivity index (χ4v) is 4.31. The number of carbonyl (C=O) groups is 1. The number of ether oxygens (including phenoxy) is 2. The lowest BCUT2D eigenvalue weighted by Crippen LogP contribution is -2.28. The van der Waals surface area contributed by atoms with Crippen molar-refractivity contribution < 1.29 is 18.7 Å². The van der Waals surface area contributed by atoms with Gasteiger partial charge in [-0.3, -0.25) is 14.3 Å². The van der Waals surface area contributed by atoms with Crippen molar-refractivity contribution in [1.29, 1.82) is 0 Å². The highest BCUT2D eigenvalue weighted by molar-refractivity contribution is 7.99. The SMILES string of the molecule is C[C@H](NC(=O)CSc1nnc([C@H](C)N(C)C)n1-c1ccc(F)cc1)c1ccc2c(c1)OCCO2. The molecule has 10 heteroatoms. The Labute approximate surface area is 202 Å². The molecule has 0 saturated carbocycles. The highest BCUT2D eigenvalue weighted by Crippen LogP contribution is 2.33. The second-order valence-corrected chi connectivity index (χ2v) is 9.22. The molecule has 180 valence electrons. The zero-order valence-corrected chi connectivity index (χ0v) is 20.4. The van der Waals surface area contributed by atoms with Crippen molar-refractivity contribution in [2.75, 3.05) is 33.1 Å². The minimum Gasteiger partial charge on any atom is -0.486 e. The summed E-state index contributed by atoms with van der Waals surface area (Å²) in [5.74, 6) is 1.82. The summed E-state index contributed by atoms with van der Waals surface area (Å²) in [6, 6.07) is 11.6. The van der Waals surface area contributed by atoms with Crippen LogP contribution in [0.25, 0.3) is 5.69 Å². The van der Waals surface area contributed by atoms with Gasteiger partial charge in [-0.1, -0.05) is 17.8 Å². The lowest BCUT2D eigenvalue weighted by atomic mass is 10.1. The number of carbonyl (C=O) groups excluding carboxylic acids is 1. The zero-order chi connectivity index (χ0) is 24.2. The molecule has 0 radical (unpaired) electrons. The number of amides is 1. The van der Waals surface area contributed by atoms with Crippen molar-refractivity contribution in [2.24, 2.45) is 0 Å². The number of hydrogen-bond acceptors (Lipinski definition) is 7. The molecular weight excluding hydrogens is 457 g/mol. The van der Waals surface area contributed by atoms with Gasteiger partial charge in [0.05, 0.1) is 17.8 Å². The predicted molar refractivity (Wildman–Crippen MR) is 128 cm³/mol. The van der Waals surface area contributed by atoms with E-state index in [1.807, 2.05) is 55.6 Å².